The smallest absolute Gasteiger partial charge is 0.256 e. The number of amides is 2. The van der Waals surface area contributed by atoms with Gasteiger partial charge < -0.3 is 15.1 Å². The molecule has 0 bridgehead atoms. The first-order valence-electron chi connectivity index (χ1n) is 7.76. The molecule has 0 saturated carbocycles. The molecule has 0 aliphatic carbocycles. The van der Waals surface area contributed by atoms with Gasteiger partial charge in [-0.25, -0.2) is 4.98 Å². The Morgan fingerprint density at radius 3 is 2.40 bits per heavy atom. The van der Waals surface area contributed by atoms with Crippen molar-refractivity contribution >= 4 is 46.1 Å². The number of carbonyl (C=O) groups excluding carboxylic acids is 2. The third kappa shape index (κ3) is 4.84. The van der Waals surface area contributed by atoms with Crippen LogP contribution in [0.4, 0.5) is 11.4 Å². The van der Waals surface area contributed by atoms with Crippen LogP contribution in [0.25, 0.3) is 11.1 Å². The number of aromatic nitrogens is 1. The molecule has 0 fully saturated rings. The standard InChI is InChI=1S/C18H17N3O3S/c1-12(22)19-13-6-8-14(9-7-13)20-17(23)10-11-25-18-21-15-4-2-3-5-16(15)24-18/h2-9H,10-11H2,1H3,(H,19,22)(H,20,23). The Kier molecular flexibility index (Phi) is 5.35. The molecule has 0 atom stereocenters. The van der Waals surface area contributed by atoms with Crippen LogP contribution in [0.15, 0.2) is 58.2 Å². The van der Waals surface area contributed by atoms with E-state index >= 15 is 0 Å². The molecular weight excluding hydrogens is 338 g/mol. The van der Waals surface area contributed by atoms with Crippen LogP contribution >= 0.6 is 11.8 Å². The average Bonchev–Trinajstić information content (AvgIpc) is 2.99. The van der Waals surface area contributed by atoms with Gasteiger partial charge in [0.2, 0.25) is 11.8 Å². The van der Waals surface area contributed by atoms with E-state index in [-0.39, 0.29) is 11.8 Å². The highest BCUT2D eigenvalue weighted by Crippen LogP contribution is 2.23. The monoisotopic (exact) mass is 355 g/mol. The van der Waals surface area contributed by atoms with Crippen molar-refractivity contribution in [3.63, 3.8) is 0 Å². The maximum absolute atomic E-state index is 12.0. The van der Waals surface area contributed by atoms with Gasteiger partial charge >= 0.3 is 0 Å². The van der Waals surface area contributed by atoms with Gasteiger partial charge in [0.15, 0.2) is 5.58 Å². The number of hydrogen-bond donors (Lipinski definition) is 2. The first kappa shape index (κ1) is 17.0. The first-order valence-corrected chi connectivity index (χ1v) is 8.74. The van der Waals surface area contributed by atoms with Crippen LogP contribution < -0.4 is 10.6 Å². The largest absolute Gasteiger partial charge is 0.431 e. The zero-order valence-corrected chi connectivity index (χ0v) is 14.4. The van der Waals surface area contributed by atoms with E-state index in [9.17, 15) is 9.59 Å². The van der Waals surface area contributed by atoms with Crippen molar-refractivity contribution in [1.82, 2.24) is 4.98 Å². The summed E-state index contributed by atoms with van der Waals surface area (Å²) in [5.41, 5.74) is 2.94. The van der Waals surface area contributed by atoms with E-state index in [1.807, 2.05) is 24.3 Å². The summed E-state index contributed by atoms with van der Waals surface area (Å²) in [6.45, 7) is 1.45. The number of benzene rings is 2. The number of nitrogens with one attached hydrogen (secondary N) is 2. The normalized spacial score (nSPS) is 10.6. The van der Waals surface area contributed by atoms with Crippen molar-refractivity contribution in [2.24, 2.45) is 0 Å². The highest BCUT2D eigenvalue weighted by Gasteiger charge is 2.08. The van der Waals surface area contributed by atoms with Gasteiger partial charge in [0.25, 0.3) is 5.22 Å². The fraction of sp³-hybridized carbons (Fsp3) is 0.167. The predicted molar refractivity (Wildman–Crippen MR) is 98.7 cm³/mol. The first-order chi connectivity index (χ1) is 12.1. The highest BCUT2D eigenvalue weighted by molar-refractivity contribution is 7.99. The molecule has 0 unspecified atom stereocenters. The van der Waals surface area contributed by atoms with Gasteiger partial charge in [-0.05, 0) is 36.4 Å². The van der Waals surface area contributed by atoms with E-state index in [4.69, 9.17) is 4.42 Å². The van der Waals surface area contributed by atoms with Crippen molar-refractivity contribution in [2.45, 2.75) is 18.6 Å². The molecule has 0 aliphatic heterocycles. The second kappa shape index (κ2) is 7.85. The van der Waals surface area contributed by atoms with Gasteiger partial charge in [0, 0.05) is 30.5 Å². The maximum Gasteiger partial charge on any atom is 0.256 e. The second-order valence-corrected chi connectivity index (χ2v) is 6.40. The number of oxazole rings is 1. The molecular formula is C18H17N3O3S. The number of fused-ring (bicyclic) bond motifs is 1. The van der Waals surface area contributed by atoms with Crippen LogP contribution in [0.5, 0.6) is 0 Å². The number of carbonyl (C=O) groups is 2. The van der Waals surface area contributed by atoms with Crippen molar-refractivity contribution in [2.75, 3.05) is 16.4 Å². The van der Waals surface area contributed by atoms with E-state index in [2.05, 4.69) is 15.6 Å². The molecule has 2 aromatic carbocycles. The Morgan fingerprint density at radius 1 is 1.04 bits per heavy atom. The maximum atomic E-state index is 12.0. The summed E-state index contributed by atoms with van der Waals surface area (Å²) in [5, 5.41) is 6.06. The summed E-state index contributed by atoms with van der Waals surface area (Å²) in [7, 11) is 0. The van der Waals surface area contributed by atoms with Gasteiger partial charge in [-0.2, -0.15) is 0 Å². The SMILES string of the molecule is CC(=O)Nc1ccc(NC(=O)CCSc2nc3ccccc3o2)cc1. The minimum absolute atomic E-state index is 0.0871. The fourth-order valence-electron chi connectivity index (χ4n) is 2.21. The van der Waals surface area contributed by atoms with Crippen LogP contribution in [0.3, 0.4) is 0 Å². The van der Waals surface area contributed by atoms with E-state index in [0.29, 0.717) is 28.8 Å². The lowest BCUT2D eigenvalue weighted by Gasteiger charge is -2.06. The minimum Gasteiger partial charge on any atom is -0.431 e. The molecule has 2 amide bonds. The van der Waals surface area contributed by atoms with Crippen LogP contribution in [0.2, 0.25) is 0 Å². The highest BCUT2D eigenvalue weighted by atomic mass is 32.2. The zero-order valence-electron chi connectivity index (χ0n) is 13.6. The number of thioether (sulfide) groups is 1. The van der Waals surface area contributed by atoms with Gasteiger partial charge in [-0.1, -0.05) is 23.9 Å². The van der Waals surface area contributed by atoms with Crippen molar-refractivity contribution in [3.8, 4) is 0 Å². The molecule has 2 N–H and O–H groups in total. The van der Waals surface area contributed by atoms with Crippen LogP contribution in [-0.2, 0) is 9.59 Å². The molecule has 0 spiro atoms. The lowest BCUT2D eigenvalue weighted by atomic mass is 10.2. The lowest BCUT2D eigenvalue weighted by Crippen LogP contribution is -2.12. The topological polar surface area (TPSA) is 84.2 Å². The Balaban J connectivity index is 1.46. The average molecular weight is 355 g/mol. The molecule has 0 aliphatic rings. The lowest BCUT2D eigenvalue weighted by molar-refractivity contribution is -0.116. The van der Waals surface area contributed by atoms with Gasteiger partial charge in [0.05, 0.1) is 0 Å². The third-order valence-electron chi connectivity index (χ3n) is 3.32. The van der Waals surface area contributed by atoms with E-state index in [1.165, 1.54) is 18.7 Å². The number of rotatable bonds is 6. The summed E-state index contributed by atoms with van der Waals surface area (Å²) in [4.78, 5) is 27.3. The van der Waals surface area contributed by atoms with Gasteiger partial charge in [0.1, 0.15) is 5.52 Å². The van der Waals surface area contributed by atoms with Crippen LogP contribution in [-0.4, -0.2) is 22.6 Å². The molecule has 1 heterocycles. The van der Waals surface area contributed by atoms with Crippen molar-refractivity contribution in [1.29, 1.82) is 0 Å². The predicted octanol–water partition coefficient (Wildman–Crippen LogP) is 3.91. The zero-order chi connectivity index (χ0) is 17.6. The Hall–Kier alpha value is -2.80. The fourth-order valence-corrected chi connectivity index (χ4v) is 2.98. The summed E-state index contributed by atoms with van der Waals surface area (Å²) in [6.07, 6.45) is 0.344. The van der Waals surface area contributed by atoms with E-state index < -0.39 is 0 Å². The third-order valence-corrected chi connectivity index (χ3v) is 4.15. The van der Waals surface area contributed by atoms with Crippen LogP contribution in [0, 0.1) is 0 Å². The van der Waals surface area contributed by atoms with E-state index in [0.717, 1.165) is 11.1 Å². The summed E-state index contributed by atoms with van der Waals surface area (Å²) >= 11 is 1.41. The number of anilines is 2. The van der Waals surface area contributed by atoms with Crippen LogP contribution in [0.1, 0.15) is 13.3 Å². The summed E-state index contributed by atoms with van der Waals surface area (Å²) in [5.74, 6) is 0.353. The van der Waals surface area contributed by atoms with Crippen molar-refractivity contribution < 1.29 is 14.0 Å². The van der Waals surface area contributed by atoms with Gasteiger partial charge in [-0.15, -0.1) is 0 Å². The molecule has 3 aromatic rings. The molecule has 0 saturated heterocycles. The molecule has 1 aromatic heterocycles. The summed E-state index contributed by atoms with van der Waals surface area (Å²) in [6, 6.07) is 14.5. The molecule has 0 radical (unpaired) electrons. The number of nitrogens with zero attached hydrogens (tertiary/aromatic N) is 1. The Bertz CT molecular complexity index is 857. The molecule has 6 nitrogen and oxygen atoms in total. The molecule has 25 heavy (non-hydrogen) atoms. The second-order valence-electron chi connectivity index (χ2n) is 5.35. The number of hydrogen-bond acceptors (Lipinski definition) is 5. The Morgan fingerprint density at radius 2 is 1.72 bits per heavy atom. The molecule has 3 rings (SSSR count). The number of para-hydroxylation sites is 2. The molecule has 7 heteroatoms. The molecule has 128 valence electrons. The van der Waals surface area contributed by atoms with Crippen molar-refractivity contribution in [3.05, 3.63) is 48.5 Å². The minimum atomic E-state index is -0.131. The summed E-state index contributed by atoms with van der Waals surface area (Å²) < 4.78 is 5.60. The van der Waals surface area contributed by atoms with Gasteiger partial charge in [-0.3, -0.25) is 9.59 Å². The quantitative estimate of drug-likeness (QED) is 0.655. The van der Waals surface area contributed by atoms with E-state index in [1.54, 1.807) is 24.3 Å². The Labute approximate surface area is 149 Å².